The minimum Gasteiger partial charge on any atom is -0.394 e. The van der Waals surface area contributed by atoms with Crippen LogP contribution in [0.25, 0.3) is 0 Å². The van der Waals surface area contributed by atoms with Crippen molar-refractivity contribution in [2.45, 2.75) is 23.7 Å². The zero-order valence-corrected chi connectivity index (χ0v) is 9.96. The van der Waals surface area contributed by atoms with Gasteiger partial charge in [0, 0.05) is 6.20 Å². The molecule has 7 nitrogen and oxygen atoms in total. The van der Waals surface area contributed by atoms with Crippen LogP contribution >= 0.6 is 12.1 Å². The highest BCUT2D eigenvalue weighted by Crippen LogP contribution is 2.37. The molecule has 0 aliphatic carbocycles. The van der Waals surface area contributed by atoms with Crippen molar-refractivity contribution in [2.75, 3.05) is 12.3 Å². The highest BCUT2D eigenvalue weighted by atomic mass is 32.2. The number of nitrogens with zero attached hydrogens (tertiary/aromatic N) is 2. The fraction of sp³-hybridized carbons (Fsp3) is 0.556. The van der Waals surface area contributed by atoms with E-state index in [0.29, 0.717) is 0 Å². The Kier molecular flexibility index (Phi) is 3.85. The zero-order chi connectivity index (χ0) is 13.3. The number of hydrogen-bond donors (Lipinski definition) is 3. The molecule has 4 atom stereocenters. The predicted octanol–water partition coefficient (Wildman–Crippen LogP) is -0.938. The maximum atomic E-state index is 12.8. The van der Waals surface area contributed by atoms with Crippen LogP contribution in [0.2, 0.25) is 0 Å². The number of aliphatic hydroxyl groups excluding tert-OH is 2. The van der Waals surface area contributed by atoms with Crippen LogP contribution in [-0.4, -0.2) is 43.8 Å². The number of hydrogen-bond acceptors (Lipinski definition) is 7. The summed E-state index contributed by atoms with van der Waals surface area (Å²) in [5.41, 5.74) is 4.64. The standard InChI is InChI=1S/C9H12FN3O4S/c10-18-7-6(15)4(3-14)17-8(7)13-2-1-5(11)12-9(13)16/h1-2,4,6-8,14-15H,3H2,(H2,11,12,16). The van der Waals surface area contributed by atoms with Crippen molar-refractivity contribution < 1.29 is 18.8 Å². The van der Waals surface area contributed by atoms with Gasteiger partial charge in [0.2, 0.25) is 0 Å². The molecule has 0 amide bonds. The van der Waals surface area contributed by atoms with Gasteiger partial charge in [-0.1, -0.05) is 0 Å². The second kappa shape index (κ2) is 5.22. The van der Waals surface area contributed by atoms with Gasteiger partial charge in [-0.25, -0.2) is 4.79 Å². The van der Waals surface area contributed by atoms with Crippen LogP contribution in [0.5, 0.6) is 0 Å². The molecule has 0 spiro atoms. The highest BCUT2D eigenvalue weighted by Gasteiger charge is 2.45. The van der Waals surface area contributed by atoms with Gasteiger partial charge in [-0.2, -0.15) is 8.87 Å². The molecule has 1 saturated heterocycles. The smallest absolute Gasteiger partial charge is 0.351 e. The molecule has 18 heavy (non-hydrogen) atoms. The fourth-order valence-electron chi connectivity index (χ4n) is 1.81. The summed E-state index contributed by atoms with van der Waals surface area (Å²) in [7, 11) is 0. The lowest BCUT2D eigenvalue weighted by atomic mass is 10.2. The van der Waals surface area contributed by atoms with Gasteiger partial charge in [0.05, 0.1) is 18.8 Å². The Labute approximate surface area is 106 Å². The first-order valence-corrected chi connectivity index (χ1v) is 5.93. The summed E-state index contributed by atoms with van der Waals surface area (Å²) in [5.74, 6) is 0.0398. The Morgan fingerprint density at radius 1 is 1.67 bits per heavy atom. The molecule has 4 unspecified atom stereocenters. The molecule has 0 aromatic carbocycles. The van der Waals surface area contributed by atoms with E-state index in [0.717, 1.165) is 4.57 Å². The molecule has 100 valence electrons. The lowest BCUT2D eigenvalue weighted by molar-refractivity contribution is -0.0456. The molecule has 0 bridgehead atoms. The van der Waals surface area contributed by atoms with Crippen molar-refractivity contribution >= 4 is 18.0 Å². The van der Waals surface area contributed by atoms with Gasteiger partial charge in [0.25, 0.3) is 0 Å². The Balaban J connectivity index is 2.35. The summed E-state index contributed by atoms with van der Waals surface area (Å²) >= 11 is -0.129. The lowest BCUT2D eigenvalue weighted by Crippen LogP contribution is -2.33. The topological polar surface area (TPSA) is 111 Å². The summed E-state index contributed by atoms with van der Waals surface area (Å²) in [6, 6.07) is 1.36. The number of aromatic nitrogens is 2. The molecule has 1 fully saturated rings. The van der Waals surface area contributed by atoms with Crippen LogP contribution in [0.4, 0.5) is 9.70 Å². The number of rotatable bonds is 3. The maximum absolute atomic E-state index is 12.8. The van der Waals surface area contributed by atoms with Crippen molar-refractivity contribution in [3.63, 3.8) is 0 Å². The molecule has 2 rings (SSSR count). The number of ether oxygens (including phenoxy) is 1. The summed E-state index contributed by atoms with van der Waals surface area (Å²) in [6.07, 6.45) is -1.87. The van der Waals surface area contributed by atoms with E-state index < -0.39 is 36.0 Å². The van der Waals surface area contributed by atoms with Crippen molar-refractivity contribution in [3.05, 3.63) is 22.7 Å². The maximum Gasteiger partial charge on any atom is 0.351 e. The van der Waals surface area contributed by atoms with Crippen LogP contribution in [-0.2, 0) is 4.74 Å². The molecular formula is C9H12FN3O4S. The van der Waals surface area contributed by atoms with E-state index in [4.69, 9.17) is 15.6 Å². The van der Waals surface area contributed by atoms with E-state index in [1.807, 2.05) is 0 Å². The largest absolute Gasteiger partial charge is 0.394 e. The predicted molar refractivity (Wildman–Crippen MR) is 62.4 cm³/mol. The highest BCUT2D eigenvalue weighted by molar-refractivity contribution is 7.95. The Morgan fingerprint density at radius 2 is 2.39 bits per heavy atom. The second-order valence-electron chi connectivity index (χ2n) is 3.83. The van der Waals surface area contributed by atoms with Gasteiger partial charge in [0.1, 0.15) is 23.3 Å². The van der Waals surface area contributed by atoms with Crippen LogP contribution in [0.1, 0.15) is 6.23 Å². The first kappa shape index (κ1) is 13.3. The second-order valence-corrected chi connectivity index (χ2v) is 4.56. The van der Waals surface area contributed by atoms with Gasteiger partial charge in [-0.15, -0.1) is 0 Å². The van der Waals surface area contributed by atoms with E-state index >= 15 is 0 Å². The van der Waals surface area contributed by atoms with Gasteiger partial charge >= 0.3 is 5.69 Å². The number of halogens is 1. The van der Waals surface area contributed by atoms with Gasteiger partial charge < -0.3 is 20.7 Å². The summed E-state index contributed by atoms with van der Waals surface area (Å²) in [4.78, 5) is 15.1. The number of nitrogen functional groups attached to an aromatic ring is 1. The molecule has 1 aromatic rings. The average molecular weight is 277 g/mol. The third-order valence-corrected chi connectivity index (χ3v) is 3.44. The molecule has 9 heteroatoms. The zero-order valence-electron chi connectivity index (χ0n) is 9.14. The third-order valence-electron chi connectivity index (χ3n) is 2.72. The molecule has 1 aliphatic heterocycles. The molecule has 0 saturated carbocycles. The van der Waals surface area contributed by atoms with E-state index in [1.54, 1.807) is 0 Å². The molecule has 0 radical (unpaired) electrons. The first-order valence-electron chi connectivity index (χ1n) is 5.15. The van der Waals surface area contributed by atoms with Crippen LogP contribution in [0, 0.1) is 0 Å². The molecule has 4 N–H and O–H groups in total. The minimum absolute atomic E-state index is 0.0398. The van der Waals surface area contributed by atoms with Crippen molar-refractivity contribution in [2.24, 2.45) is 0 Å². The fourth-order valence-corrected chi connectivity index (χ4v) is 2.37. The van der Waals surface area contributed by atoms with E-state index in [9.17, 15) is 13.8 Å². The molecule has 2 heterocycles. The lowest BCUT2D eigenvalue weighted by Gasteiger charge is -2.17. The minimum atomic E-state index is -1.21. The van der Waals surface area contributed by atoms with Crippen LogP contribution in [0.3, 0.4) is 0 Å². The monoisotopic (exact) mass is 277 g/mol. The van der Waals surface area contributed by atoms with Crippen LogP contribution in [0.15, 0.2) is 17.1 Å². The Hall–Kier alpha value is -1.16. The van der Waals surface area contributed by atoms with E-state index in [-0.39, 0.29) is 18.0 Å². The van der Waals surface area contributed by atoms with Crippen molar-refractivity contribution in [1.82, 2.24) is 9.55 Å². The molecule has 1 aliphatic rings. The summed E-state index contributed by atoms with van der Waals surface area (Å²) in [5, 5.41) is 17.7. The van der Waals surface area contributed by atoms with Gasteiger partial charge in [0.15, 0.2) is 6.23 Å². The van der Waals surface area contributed by atoms with Crippen LogP contribution < -0.4 is 11.4 Å². The first-order chi connectivity index (χ1) is 8.58. The number of aliphatic hydroxyl groups is 2. The average Bonchev–Trinajstić information content (AvgIpc) is 2.65. The van der Waals surface area contributed by atoms with Crippen molar-refractivity contribution in [1.29, 1.82) is 0 Å². The summed E-state index contributed by atoms with van der Waals surface area (Å²) in [6.45, 7) is -0.466. The van der Waals surface area contributed by atoms with Crippen molar-refractivity contribution in [3.8, 4) is 0 Å². The van der Waals surface area contributed by atoms with E-state index in [1.165, 1.54) is 12.3 Å². The van der Waals surface area contributed by atoms with Gasteiger partial charge in [-0.05, 0) is 6.07 Å². The normalized spacial score (nSPS) is 31.7. The van der Waals surface area contributed by atoms with E-state index in [2.05, 4.69) is 4.98 Å². The number of nitrogens with two attached hydrogens (primary N) is 1. The van der Waals surface area contributed by atoms with Gasteiger partial charge in [-0.3, -0.25) is 4.57 Å². The Bertz CT molecular complexity index is 485. The Morgan fingerprint density at radius 3 is 2.94 bits per heavy atom. The molecular weight excluding hydrogens is 265 g/mol. The SMILES string of the molecule is Nc1ccn(C2OC(CO)C(O)C2SF)c(=O)n1. The quantitative estimate of drug-likeness (QED) is 0.654. The number of anilines is 1. The third kappa shape index (κ3) is 2.21. The molecule has 1 aromatic heterocycles. The summed E-state index contributed by atoms with van der Waals surface area (Å²) < 4.78 is 19.1.